The van der Waals surface area contributed by atoms with E-state index in [4.69, 9.17) is 0 Å². The molecular weight excluding hydrogens is 1230 g/mol. The average Bonchev–Trinajstić information content (AvgIpc) is 2.89. The molecule has 0 aliphatic carbocycles. The lowest BCUT2D eigenvalue weighted by atomic mass is 10.4. The summed E-state index contributed by atoms with van der Waals surface area (Å²) in [7, 11) is 22.6. The molecule has 0 saturated carbocycles. The minimum atomic E-state index is -1.36. The van der Waals surface area contributed by atoms with Gasteiger partial charge in [-0.25, -0.2) is 0 Å². The van der Waals surface area contributed by atoms with Crippen LogP contribution in [-0.2, 0) is 0 Å². The van der Waals surface area contributed by atoms with Crippen molar-refractivity contribution >= 4 is 40.4 Å². The maximum absolute atomic E-state index is 2.74. The molecule has 0 radical (unpaired) electrons. The van der Waals surface area contributed by atoms with Crippen molar-refractivity contribution in [3.05, 3.63) is 0 Å². The molecular formula is C44H108I4N4Si5. The summed E-state index contributed by atoms with van der Waals surface area (Å²) < 4.78 is 4.50. The molecule has 0 atom stereocenters. The van der Waals surface area contributed by atoms with Crippen LogP contribution in [0.4, 0.5) is 0 Å². The third-order valence-electron chi connectivity index (χ3n) is 13.0. The van der Waals surface area contributed by atoms with Crippen molar-refractivity contribution in [3.63, 3.8) is 0 Å². The van der Waals surface area contributed by atoms with Gasteiger partial charge >= 0.3 is 0 Å². The fraction of sp³-hybridized carbons (Fsp3) is 1.00. The molecule has 0 aliphatic heterocycles. The average molecular weight is 1340 g/mol. The second-order valence-corrected chi connectivity index (χ2v) is 52.4. The van der Waals surface area contributed by atoms with Crippen LogP contribution in [0.1, 0.15) is 51.4 Å². The molecule has 57 heavy (non-hydrogen) atoms. The minimum absolute atomic E-state index is 0. The fourth-order valence-electron chi connectivity index (χ4n) is 9.15. The lowest BCUT2D eigenvalue weighted by Gasteiger charge is -2.37. The van der Waals surface area contributed by atoms with Crippen molar-refractivity contribution in [2.45, 2.75) is 176 Å². The van der Waals surface area contributed by atoms with E-state index in [1.807, 2.05) is 0 Å². The van der Waals surface area contributed by atoms with Crippen molar-refractivity contribution < 1.29 is 114 Å². The number of hydrogen-bond acceptors (Lipinski definition) is 0. The number of nitrogens with zero attached hydrogens (tertiary/aromatic N) is 4. The molecule has 0 unspecified atom stereocenters. The lowest BCUT2D eigenvalue weighted by molar-refractivity contribution is -0.870. The highest BCUT2D eigenvalue weighted by atomic mass is 127. The van der Waals surface area contributed by atoms with E-state index in [9.17, 15) is 0 Å². The normalized spacial score (nSPS) is 13.7. The van der Waals surface area contributed by atoms with E-state index in [-0.39, 0.29) is 95.9 Å². The van der Waals surface area contributed by atoms with Crippen LogP contribution in [0.25, 0.3) is 0 Å². The summed E-state index contributed by atoms with van der Waals surface area (Å²) in [5, 5.41) is 0. The first-order valence-electron chi connectivity index (χ1n) is 22.9. The smallest absolute Gasteiger partial charge is 0.0777 e. The summed E-state index contributed by atoms with van der Waals surface area (Å²) in [5.74, 6) is 0. The van der Waals surface area contributed by atoms with Gasteiger partial charge in [0.05, 0.1) is 119 Å². The number of quaternary nitrogens is 4. The van der Waals surface area contributed by atoms with E-state index in [0.29, 0.717) is 0 Å². The Labute approximate surface area is 436 Å². The largest absolute Gasteiger partial charge is 1.00 e. The van der Waals surface area contributed by atoms with Crippen LogP contribution in [0.15, 0.2) is 0 Å². The van der Waals surface area contributed by atoms with E-state index >= 15 is 0 Å². The first kappa shape index (κ1) is 69.9. The van der Waals surface area contributed by atoms with Crippen molar-refractivity contribution in [3.8, 4) is 0 Å². The SMILES string of the molecule is C[N+](C)(C)CCC[Si](C)(C)CCC[Si](CCC[Si](C)(C)CCC[N+](C)(C)C)(CCC[Si](C)(C)CCC[N+](C)(C)C)CCC[Si](C)(C)CCC[N+](C)(C)C.[I-].[I-].[I-].[I-]. The third kappa shape index (κ3) is 43.5. The molecule has 4 nitrogen and oxygen atoms in total. The van der Waals surface area contributed by atoms with Crippen molar-refractivity contribution in [1.29, 1.82) is 0 Å². The highest BCUT2D eigenvalue weighted by Gasteiger charge is 2.35. The van der Waals surface area contributed by atoms with Crippen molar-refractivity contribution in [1.82, 2.24) is 0 Å². The van der Waals surface area contributed by atoms with Gasteiger partial charge < -0.3 is 114 Å². The topological polar surface area (TPSA) is 0 Å². The first-order valence-corrected chi connectivity index (χ1v) is 39.4. The van der Waals surface area contributed by atoms with Crippen LogP contribution in [0.2, 0.25) is 125 Å². The summed E-state index contributed by atoms with van der Waals surface area (Å²) in [6.45, 7) is 27.3. The molecule has 0 spiro atoms. The second-order valence-electron chi connectivity index (χ2n) is 26.0. The molecule has 0 saturated heterocycles. The predicted octanol–water partition coefficient (Wildman–Crippen LogP) is 0.230. The summed E-state index contributed by atoms with van der Waals surface area (Å²) in [6.07, 6.45) is 12.0. The summed E-state index contributed by atoms with van der Waals surface area (Å²) >= 11 is 0. The Morgan fingerprint density at radius 1 is 0.228 bits per heavy atom. The Morgan fingerprint density at radius 2 is 0.368 bits per heavy atom. The van der Waals surface area contributed by atoms with Crippen LogP contribution < -0.4 is 95.9 Å². The van der Waals surface area contributed by atoms with E-state index in [0.717, 1.165) is 17.9 Å². The molecule has 352 valence electrons. The fourth-order valence-corrected chi connectivity index (χ4v) is 25.8. The van der Waals surface area contributed by atoms with Gasteiger partial charge in [-0.1, -0.05) is 151 Å². The van der Waals surface area contributed by atoms with Gasteiger partial charge in [-0.2, -0.15) is 0 Å². The van der Waals surface area contributed by atoms with Crippen LogP contribution in [0.5, 0.6) is 0 Å². The van der Waals surface area contributed by atoms with Gasteiger partial charge in [0.15, 0.2) is 0 Å². The molecule has 0 rings (SSSR count). The quantitative estimate of drug-likeness (QED) is 0.0516. The van der Waals surface area contributed by atoms with Gasteiger partial charge in [0, 0.05) is 32.3 Å². The van der Waals surface area contributed by atoms with Crippen molar-refractivity contribution in [2.75, 3.05) is 111 Å². The van der Waals surface area contributed by atoms with E-state index in [2.05, 4.69) is 137 Å². The Morgan fingerprint density at radius 3 is 0.509 bits per heavy atom. The molecule has 0 bridgehead atoms. The molecule has 0 aromatic rings. The van der Waals surface area contributed by atoms with Crippen LogP contribution in [-0.4, -0.2) is 169 Å². The van der Waals surface area contributed by atoms with E-state index in [1.165, 1.54) is 76.0 Å². The monoisotopic (exact) mass is 1340 g/mol. The summed E-state index contributed by atoms with van der Waals surface area (Å²) in [4.78, 5) is 0. The summed E-state index contributed by atoms with van der Waals surface area (Å²) in [6, 6.07) is 19.1. The Balaban J connectivity index is -0.00000225. The van der Waals surface area contributed by atoms with Gasteiger partial charge in [0.2, 0.25) is 0 Å². The van der Waals surface area contributed by atoms with Gasteiger partial charge in [-0.15, -0.1) is 0 Å². The zero-order valence-corrected chi connectivity index (χ0v) is 56.4. The Hall–Kier alpha value is 3.84. The van der Waals surface area contributed by atoms with Gasteiger partial charge in [-0.3, -0.25) is 0 Å². The maximum atomic E-state index is 2.74. The zero-order valence-electron chi connectivity index (χ0n) is 42.8. The molecule has 0 amide bonds. The van der Waals surface area contributed by atoms with Crippen LogP contribution in [0.3, 0.4) is 0 Å². The molecule has 0 N–H and O–H groups in total. The van der Waals surface area contributed by atoms with Gasteiger partial charge in [-0.05, 0) is 25.7 Å². The molecule has 0 aromatic carbocycles. The number of rotatable bonds is 32. The van der Waals surface area contributed by atoms with Crippen LogP contribution >= 0.6 is 0 Å². The lowest BCUT2D eigenvalue weighted by Crippen LogP contribution is -3.00. The molecule has 0 aliphatic rings. The van der Waals surface area contributed by atoms with Crippen molar-refractivity contribution in [2.24, 2.45) is 0 Å². The van der Waals surface area contributed by atoms with E-state index < -0.39 is 40.4 Å². The zero-order chi connectivity index (χ0) is 41.5. The first-order chi connectivity index (χ1) is 23.7. The van der Waals surface area contributed by atoms with Gasteiger partial charge in [0.25, 0.3) is 0 Å². The van der Waals surface area contributed by atoms with Crippen LogP contribution in [0, 0.1) is 0 Å². The van der Waals surface area contributed by atoms with Gasteiger partial charge in [0.1, 0.15) is 0 Å². The molecule has 13 heteroatoms. The predicted molar refractivity (Wildman–Crippen MR) is 262 cm³/mol. The molecule has 0 fully saturated rings. The number of halogens is 4. The molecule has 0 heterocycles. The Bertz CT molecular complexity index is 832. The third-order valence-corrected chi connectivity index (χ3v) is 32.3. The maximum Gasteiger partial charge on any atom is 0.0777 e. The second kappa shape index (κ2) is 30.9. The number of hydrogen-bond donors (Lipinski definition) is 0. The minimum Gasteiger partial charge on any atom is -1.00 e. The highest BCUT2D eigenvalue weighted by molar-refractivity contribution is 6.82. The summed E-state index contributed by atoms with van der Waals surface area (Å²) in [5.41, 5.74) is 0. The standard InChI is InChI=1S/C44H108N4Si5.4HI/c1-45(2,3)29-21-33-49(13,14)37-25-41-53(42-26-38-50(15,16)34-22-30-46(4,5)6,43-27-39-51(17,18)35-23-31-47(7,8)9)44-28-40-52(19,20)36-24-32-48(10,11)12;;;;/h21-44H2,1-20H3;4*1H/q+4;;;;/p-4. The highest BCUT2D eigenvalue weighted by Crippen LogP contribution is 2.39. The van der Waals surface area contributed by atoms with E-state index in [1.54, 1.807) is 74.0 Å². The Kier molecular flexibility index (Phi) is 37.9. The molecule has 0 aromatic heterocycles.